The van der Waals surface area contributed by atoms with Gasteiger partial charge < -0.3 is 5.32 Å². The number of amides is 1. The zero-order chi connectivity index (χ0) is 19.6. The molecule has 2 aromatic carbocycles. The van der Waals surface area contributed by atoms with Crippen molar-refractivity contribution in [2.24, 2.45) is 0 Å². The lowest BCUT2D eigenvalue weighted by atomic mass is 10.1. The van der Waals surface area contributed by atoms with Crippen molar-refractivity contribution in [2.45, 2.75) is 19.9 Å². The lowest BCUT2D eigenvalue weighted by Gasteiger charge is -2.15. The van der Waals surface area contributed by atoms with Gasteiger partial charge in [0.05, 0.1) is 5.69 Å². The molecular weight excluding hydrogens is 369 g/mol. The number of nitrogens with zero attached hydrogens (tertiary/aromatic N) is 2. The smallest absolute Gasteiger partial charge is 0.267 e. The van der Waals surface area contributed by atoms with E-state index < -0.39 is 17.5 Å². The van der Waals surface area contributed by atoms with Crippen molar-refractivity contribution in [1.29, 1.82) is 0 Å². The van der Waals surface area contributed by atoms with Crippen LogP contribution in [0.1, 0.15) is 18.5 Å². The van der Waals surface area contributed by atoms with Crippen LogP contribution in [0.3, 0.4) is 0 Å². The van der Waals surface area contributed by atoms with E-state index >= 15 is 0 Å². The average Bonchev–Trinajstić information content (AvgIpc) is 2.65. The van der Waals surface area contributed by atoms with Gasteiger partial charge in [-0.25, -0.2) is 9.07 Å². The fourth-order valence-corrected chi connectivity index (χ4v) is 2.69. The summed E-state index contributed by atoms with van der Waals surface area (Å²) in [5.74, 6) is -0.766. The molecule has 1 aromatic heterocycles. The fraction of sp³-hybridized carbons (Fsp3) is 0.150. The Morgan fingerprint density at radius 3 is 2.52 bits per heavy atom. The summed E-state index contributed by atoms with van der Waals surface area (Å²) in [5.41, 5.74) is 2.12. The molecule has 7 heteroatoms. The molecule has 27 heavy (non-hydrogen) atoms. The van der Waals surface area contributed by atoms with Gasteiger partial charge in [0, 0.05) is 22.3 Å². The molecule has 0 saturated heterocycles. The highest BCUT2D eigenvalue weighted by atomic mass is 35.5. The van der Waals surface area contributed by atoms with E-state index in [4.69, 9.17) is 11.6 Å². The normalized spacial score (nSPS) is 11.9. The maximum Gasteiger partial charge on any atom is 0.267 e. The number of hydrogen-bond acceptors (Lipinski definition) is 3. The number of benzene rings is 2. The molecule has 1 unspecified atom stereocenters. The maximum absolute atomic E-state index is 13.1. The molecule has 5 nitrogen and oxygen atoms in total. The lowest BCUT2D eigenvalue weighted by molar-refractivity contribution is -0.119. The van der Waals surface area contributed by atoms with Crippen molar-refractivity contribution in [3.05, 3.63) is 81.4 Å². The molecule has 1 atom stereocenters. The molecule has 0 aliphatic carbocycles. The zero-order valence-corrected chi connectivity index (χ0v) is 15.5. The summed E-state index contributed by atoms with van der Waals surface area (Å²) >= 11 is 6.07. The first-order chi connectivity index (χ1) is 12.8. The van der Waals surface area contributed by atoms with Crippen LogP contribution < -0.4 is 10.9 Å². The van der Waals surface area contributed by atoms with E-state index in [1.165, 1.54) is 24.3 Å². The fourth-order valence-electron chi connectivity index (χ4n) is 2.51. The van der Waals surface area contributed by atoms with Gasteiger partial charge in [-0.1, -0.05) is 17.7 Å². The van der Waals surface area contributed by atoms with E-state index in [9.17, 15) is 14.0 Å². The van der Waals surface area contributed by atoms with Gasteiger partial charge in [-0.2, -0.15) is 5.10 Å². The van der Waals surface area contributed by atoms with Gasteiger partial charge in [-0.3, -0.25) is 9.59 Å². The summed E-state index contributed by atoms with van der Waals surface area (Å²) in [5, 5.41) is 7.53. The van der Waals surface area contributed by atoms with Crippen LogP contribution in [-0.2, 0) is 4.79 Å². The molecule has 1 heterocycles. The Kier molecular flexibility index (Phi) is 5.37. The van der Waals surface area contributed by atoms with E-state index in [0.717, 1.165) is 10.2 Å². The third-order valence-electron chi connectivity index (χ3n) is 4.15. The van der Waals surface area contributed by atoms with Crippen molar-refractivity contribution >= 4 is 23.2 Å². The molecule has 0 aliphatic rings. The van der Waals surface area contributed by atoms with Crippen molar-refractivity contribution in [3.63, 3.8) is 0 Å². The van der Waals surface area contributed by atoms with Crippen LogP contribution in [0.25, 0.3) is 11.3 Å². The van der Waals surface area contributed by atoms with Crippen LogP contribution in [0.5, 0.6) is 0 Å². The third-order valence-corrected chi connectivity index (χ3v) is 4.56. The minimum Gasteiger partial charge on any atom is -0.324 e. The first-order valence-electron chi connectivity index (χ1n) is 8.28. The Morgan fingerprint density at radius 2 is 1.85 bits per heavy atom. The van der Waals surface area contributed by atoms with Gasteiger partial charge in [0.2, 0.25) is 5.91 Å². The van der Waals surface area contributed by atoms with E-state index in [1.807, 2.05) is 6.92 Å². The second kappa shape index (κ2) is 7.72. The number of rotatable bonds is 4. The summed E-state index contributed by atoms with van der Waals surface area (Å²) < 4.78 is 14.2. The van der Waals surface area contributed by atoms with Crippen molar-refractivity contribution in [2.75, 3.05) is 5.32 Å². The Morgan fingerprint density at radius 1 is 1.15 bits per heavy atom. The first-order valence-corrected chi connectivity index (χ1v) is 8.66. The predicted octanol–water partition coefficient (Wildman–Crippen LogP) is 4.21. The second-order valence-corrected chi connectivity index (χ2v) is 6.54. The highest BCUT2D eigenvalue weighted by Gasteiger charge is 2.18. The van der Waals surface area contributed by atoms with E-state index in [1.54, 1.807) is 37.3 Å². The highest BCUT2D eigenvalue weighted by molar-refractivity contribution is 6.31. The zero-order valence-electron chi connectivity index (χ0n) is 14.7. The van der Waals surface area contributed by atoms with Gasteiger partial charge in [0.15, 0.2) is 0 Å². The average molecular weight is 386 g/mol. The Hall–Kier alpha value is -2.99. The Labute approximate surface area is 160 Å². The molecule has 0 spiro atoms. The van der Waals surface area contributed by atoms with Crippen LogP contribution in [0.15, 0.2) is 59.4 Å². The van der Waals surface area contributed by atoms with E-state index in [-0.39, 0.29) is 5.82 Å². The molecule has 3 aromatic rings. The molecule has 0 aliphatic heterocycles. The number of anilines is 1. The van der Waals surface area contributed by atoms with Crippen LogP contribution in [-0.4, -0.2) is 15.7 Å². The minimum atomic E-state index is -0.849. The Balaban J connectivity index is 1.86. The molecule has 3 rings (SSSR count). The molecule has 1 N–H and O–H groups in total. The lowest BCUT2D eigenvalue weighted by Crippen LogP contribution is -2.33. The summed E-state index contributed by atoms with van der Waals surface area (Å²) in [4.78, 5) is 24.7. The molecule has 0 fully saturated rings. The maximum atomic E-state index is 13.1. The standard InChI is InChI=1S/C20H17ClFN3O2/c1-12-3-8-16(11-17(12)21)23-20(27)13(2)25-19(26)10-9-18(24-25)14-4-6-15(22)7-5-14/h3-11,13H,1-2H3,(H,23,27). The van der Waals surface area contributed by atoms with Crippen LogP contribution in [0.4, 0.5) is 10.1 Å². The number of halogens is 2. The van der Waals surface area contributed by atoms with Crippen molar-refractivity contribution < 1.29 is 9.18 Å². The number of hydrogen-bond donors (Lipinski definition) is 1. The van der Waals surface area contributed by atoms with Crippen LogP contribution >= 0.6 is 11.6 Å². The quantitative estimate of drug-likeness (QED) is 0.731. The number of nitrogens with one attached hydrogen (secondary N) is 1. The first kappa shape index (κ1) is 18.8. The number of carbonyl (C=O) groups is 1. The predicted molar refractivity (Wildman–Crippen MR) is 103 cm³/mol. The summed E-state index contributed by atoms with van der Waals surface area (Å²) in [6, 6.07) is 12.9. The summed E-state index contributed by atoms with van der Waals surface area (Å²) in [6.45, 7) is 3.44. The summed E-state index contributed by atoms with van der Waals surface area (Å²) in [6.07, 6.45) is 0. The van der Waals surface area contributed by atoms with Crippen LogP contribution in [0.2, 0.25) is 5.02 Å². The number of aryl methyl sites for hydroxylation is 1. The summed E-state index contributed by atoms with van der Waals surface area (Å²) in [7, 11) is 0. The molecule has 0 radical (unpaired) electrons. The highest BCUT2D eigenvalue weighted by Crippen LogP contribution is 2.21. The van der Waals surface area contributed by atoms with E-state index in [0.29, 0.717) is 22.0 Å². The molecule has 1 amide bonds. The molecule has 0 saturated carbocycles. The number of carbonyl (C=O) groups excluding carboxylic acids is 1. The monoisotopic (exact) mass is 385 g/mol. The topological polar surface area (TPSA) is 64.0 Å². The van der Waals surface area contributed by atoms with Gasteiger partial charge in [0.25, 0.3) is 5.56 Å². The largest absolute Gasteiger partial charge is 0.324 e. The van der Waals surface area contributed by atoms with E-state index in [2.05, 4.69) is 10.4 Å². The third kappa shape index (κ3) is 4.23. The van der Waals surface area contributed by atoms with Gasteiger partial charge in [-0.15, -0.1) is 0 Å². The van der Waals surface area contributed by atoms with Gasteiger partial charge in [0.1, 0.15) is 11.9 Å². The SMILES string of the molecule is Cc1ccc(NC(=O)C(C)n2nc(-c3ccc(F)cc3)ccc2=O)cc1Cl. The van der Waals surface area contributed by atoms with Gasteiger partial charge in [-0.05, 0) is 61.9 Å². The van der Waals surface area contributed by atoms with Crippen LogP contribution in [0, 0.1) is 12.7 Å². The number of aromatic nitrogens is 2. The molecular formula is C20H17ClFN3O2. The molecule has 138 valence electrons. The second-order valence-electron chi connectivity index (χ2n) is 6.14. The Bertz CT molecular complexity index is 1050. The van der Waals surface area contributed by atoms with Crippen molar-refractivity contribution in [3.8, 4) is 11.3 Å². The minimum absolute atomic E-state index is 0.364. The van der Waals surface area contributed by atoms with Crippen molar-refractivity contribution in [1.82, 2.24) is 9.78 Å². The molecule has 0 bridgehead atoms. The van der Waals surface area contributed by atoms with Gasteiger partial charge >= 0.3 is 0 Å².